The molecule has 4 nitrogen and oxygen atoms in total. The smallest absolute Gasteiger partial charge is 0.303 e. The number of fused-ring (bicyclic) bond motifs is 2. The van der Waals surface area contributed by atoms with Crippen LogP contribution in [-0.4, -0.2) is 28.3 Å². The molecule has 4 heteroatoms. The Kier molecular flexibility index (Phi) is 5.08. The summed E-state index contributed by atoms with van der Waals surface area (Å²) in [6, 6.07) is 4.20. The van der Waals surface area contributed by atoms with E-state index in [2.05, 4.69) is 11.1 Å². The Labute approximate surface area is 131 Å². The van der Waals surface area contributed by atoms with Crippen molar-refractivity contribution in [3.8, 4) is 0 Å². The monoisotopic (exact) mass is 303 g/mol. The molecule has 0 saturated carbocycles. The van der Waals surface area contributed by atoms with Crippen LogP contribution in [-0.2, 0) is 9.53 Å². The van der Waals surface area contributed by atoms with Gasteiger partial charge in [-0.25, -0.2) is 0 Å². The van der Waals surface area contributed by atoms with E-state index in [1.165, 1.54) is 31.2 Å². The van der Waals surface area contributed by atoms with Gasteiger partial charge in [-0.15, -0.1) is 0 Å². The standard InChI is InChI=1S/C18H25NO3/c20-17(21)8-4-2-1-3-7-14-15-9-10-16(22-15)18(14)13-6-5-11-19-12-13/h5-6,11-12,14-16,18H,1-4,7-10H2,(H,20,21)/t14-,15-,16+,18+/m1/s1. The summed E-state index contributed by atoms with van der Waals surface area (Å²) in [6.07, 6.45) is 12.6. The first-order chi connectivity index (χ1) is 10.8. The fourth-order valence-electron chi connectivity index (χ4n) is 4.19. The molecule has 0 amide bonds. The number of carboxylic acids is 1. The summed E-state index contributed by atoms with van der Waals surface area (Å²) < 4.78 is 6.16. The lowest BCUT2D eigenvalue weighted by atomic mass is 9.74. The summed E-state index contributed by atoms with van der Waals surface area (Å²) in [4.78, 5) is 14.8. The molecule has 2 aliphatic heterocycles. The van der Waals surface area contributed by atoms with Crippen LogP contribution in [0.2, 0.25) is 0 Å². The van der Waals surface area contributed by atoms with Gasteiger partial charge in [-0.1, -0.05) is 25.3 Å². The largest absolute Gasteiger partial charge is 0.481 e. The molecule has 22 heavy (non-hydrogen) atoms. The van der Waals surface area contributed by atoms with E-state index in [-0.39, 0.29) is 0 Å². The van der Waals surface area contributed by atoms with Gasteiger partial charge in [0.15, 0.2) is 0 Å². The van der Waals surface area contributed by atoms with Gasteiger partial charge in [0.1, 0.15) is 0 Å². The number of nitrogens with zero attached hydrogens (tertiary/aromatic N) is 1. The molecular weight excluding hydrogens is 278 g/mol. The summed E-state index contributed by atoms with van der Waals surface area (Å²) in [5, 5.41) is 8.65. The van der Waals surface area contributed by atoms with Crippen LogP contribution < -0.4 is 0 Å². The maximum atomic E-state index is 10.5. The topological polar surface area (TPSA) is 59.4 Å². The summed E-state index contributed by atoms with van der Waals surface area (Å²) >= 11 is 0. The lowest BCUT2D eigenvalue weighted by Crippen LogP contribution is -2.25. The van der Waals surface area contributed by atoms with Gasteiger partial charge < -0.3 is 9.84 Å². The first-order valence-electron chi connectivity index (χ1n) is 8.53. The molecule has 1 aromatic rings. The summed E-state index contributed by atoms with van der Waals surface area (Å²) in [6.45, 7) is 0. The minimum Gasteiger partial charge on any atom is -0.481 e. The second-order valence-corrected chi connectivity index (χ2v) is 6.61. The average Bonchev–Trinajstić information content (AvgIpc) is 3.12. The van der Waals surface area contributed by atoms with E-state index in [9.17, 15) is 4.79 Å². The Hall–Kier alpha value is -1.42. The molecule has 2 aliphatic rings. The molecule has 0 radical (unpaired) electrons. The zero-order chi connectivity index (χ0) is 15.4. The average molecular weight is 303 g/mol. The Morgan fingerprint density at radius 3 is 2.82 bits per heavy atom. The van der Waals surface area contributed by atoms with E-state index in [4.69, 9.17) is 9.84 Å². The van der Waals surface area contributed by atoms with Gasteiger partial charge in [0.25, 0.3) is 0 Å². The van der Waals surface area contributed by atoms with E-state index in [0.717, 1.165) is 19.3 Å². The Morgan fingerprint density at radius 2 is 2.05 bits per heavy atom. The highest BCUT2D eigenvalue weighted by atomic mass is 16.5. The molecule has 1 aromatic heterocycles. The minimum absolute atomic E-state index is 0.301. The first kappa shape index (κ1) is 15.5. The molecule has 4 atom stereocenters. The van der Waals surface area contributed by atoms with Crippen LogP contribution in [0.5, 0.6) is 0 Å². The van der Waals surface area contributed by atoms with Crippen LogP contribution in [0.1, 0.15) is 62.8 Å². The van der Waals surface area contributed by atoms with Gasteiger partial charge in [-0.05, 0) is 43.2 Å². The lowest BCUT2D eigenvalue weighted by molar-refractivity contribution is -0.137. The van der Waals surface area contributed by atoms with E-state index >= 15 is 0 Å². The van der Waals surface area contributed by atoms with E-state index in [1.807, 2.05) is 18.5 Å². The molecule has 0 spiro atoms. The Balaban J connectivity index is 1.50. The van der Waals surface area contributed by atoms with Gasteiger partial charge in [-0.3, -0.25) is 9.78 Å². The summed E-state index contributed by atoms with van der Waals surface area (Å²) in [5.41, 5.74) is 1.32. The number of carboxylic acid groups (broad SMARTS) is 1. The Morgan fingerprint density at radius 1 is 1.23 bits per heavy atom. The lowest BCUT2D eigenvalue weighted by Gasteiger charge is -2.28. The van der Waals surface area contributed by atoms with Crippen LogP contribution in [0.15, 0.2) is 24.5 Å². The molecule has 0 aromatic carbocycles. The molecule has 3 heterocycles. The highest BCUT2D eigenvalue weighted by molar-refractivity contribution is 5.66. The number of aliphatic carboxylic acids is 1. The number of carbonyl (C=O) groups is 1. The van der Waals surface area contributed by atoms with Crippen molar-refractivity contribution < 1.29 is 14.6 Å². The van der Waals surface area contributed by atoms with Gasteiger partial charge in [0.05, 0.1) is 12.2 Å². The van der Waals surface area contributed by atoms with Crippen molar-refractivity contribution in [1.29, 1.82) is 0 Å². The number of unbranched alkanes of at least 4 members (excludes halogenated alkanes) is 3. The molecule has 2 saturated heterocycles. The first-order valence-corrected chi connectivity index (χ1v) is 8.53. The third-order valence-corrected chi connectivity index (χ3v) is 5.17. The van der Waals surface area contributed by atoms with Gasteiger partial charge in [-0.2, -0.15) is 0 Å². The number of hydrogen-bond donors (Lipinski definition) is 1. The molecule has 0 aliphatic carbocycles. The quantitative estimate of drug-likeness (QED) is 0.743. The highest BCUT2D eigenvalue weighted by Gasteiger charge is 2.48. The minimum atomic E-state index is -0.682. The number of ether oxygens (including phenoxy) is 1. The molecule has 2 bridgehead atoms. The molecule has 120 valence electrons. The van der Waals surface area contributed by atoms with Gasteiger partial charge in [0, 0.05) is 24.7 Å². The number of rotatable bonds is 8. The zero-order valence-electron chi connectivity index (χ0n) is 13.0. The second-order valence-electron chi connectivity index (χ2n) is 6.61. The maximum absolute atomic E-state index is 10.5. The number of aromatic nitrogens is 1. The van der Waals surface area contributed by atoms with Crippen molar-refractivity contribution in [2.45, 2.75) is 69.5 Å². The SMILES string of the molecule is O=C(O)CCCCCC[C@H]1[C@H](c2cccnc2)[C@@H]2CC[C@H]1O2. The van der Waals surface area contributed by atoms with E-state index in [0.29, 0.717) is 30.5 Å². The van der Waals surface area contributed by atoms with E-state index in [1.54, 1.807) is 0 Å². The molecule has 1 N–H and O–H groups in total. The van der Waals surface area contributed by atoms with Crippen molar-refractivity contribution in [2.24, 2.45) is 5.92 Å². The fourth-order valence-corrected chi connectivity index (χ4v) is 4.19. The third kappa shape index (κ3) is 3.49. The zero-order valence-corrected chi connectivity index (χ0v) is 13.0. The predicted molar refractivity (Wildman–Crippen MR) is 83.7 cm³/mol. The summed E-state index contributed by atoms with van der Waals surface area (Å²) in [5.74, 6) is 0.437. The maximum Gasteiger partial charge on any atom is 0.303 e. The van der Waals surface area contributed by atoms with Crippen molar-refractivity contribution >= 4 is 5.97 Å². The molecule has 2 fully saturated rings. The fraction of sp³-hybridized carbons (Fsp3) is 0.667. The number of pyridine rings is 1. The molecule has 3 rings (SSSR count). The summed E-state index contributed by atoms with van der Waals surface area (Å²) in [7, 11) is 0. The van der Waals surface area contributed by atoms with Gasteiger partial charge >= 0.3 is 5.97 Å². The van der Waals surface area contributed by atoms with Crippen LogP contribution in [0.25, 0.3) is 0 Å². The van der Waals surface area contributed by atoms with Crippen LogP contribution >= 0.6 is 0 Å². The second kappa shape index (κ2) is 7.23. The molecular formula is C18H25NO3. The van der Waals surface area contributed by atoms with Crippen molar-refractivity contribution in [3.63, 3.8) is 0 Å². The Bertz CT molecular complexity index is 490. The van der Waals surface area contributed by atoms with Crippen molar-refractivity contribution in [2.75, 3.05) is 0 Å². The van der Waals surface area contributed by atoms with Gasteiger partial charge in [0.2, 0.25) is 0 Å². The van der Waals surface area contributed by atoms with Crippen LogP contribution in [0, 0.1) is 5.92 Å². The molecule has 0 unspecified atom stereocenters. The highest BCUT2D eigenvalue weighted by Crippen LogP contribution is 2.50. The normalized spacial score (nSPS) is 29.8. The van der Waals surface area contributed by atoms with Crippen molar-refractivity contribution in [3.05, 3.63) is 30.1 Å². The predicted octanol–water partition coefficient (Wildman–Crippen LogP) is 3.77. The third-order valence-electron chi connectivity index (χ3n) is 5.17. The van der Waals surface area contributed by atoms with Crippen molar-refractivity contribution in [1.82, 2.24) is 4.98 Å². The van der Waals surface area contributed by atoms with E-state index < -0.39 is 5.97 Å². The van der Waals surface area contributed by atoms with Crippen LogP contribution in [0.4, 0.5) is 0 Å². The van der Waals surface area contributed by atoms with Crippen LogP contribution in [0.3, 0.4) is 0 Å². The number of hydrogen-bond acceptors (Lipinski definition) is 3.